The summed E-state index contributed by atoms with van der Waals surface area (Å²) in [7, 11) is 1.49. The van der Waals surface area contributed by atoms with E-state index in [1.807, 2.05) is 18.2 Å². The number of amides is 1. The molecule has 0 atom stereocenters. The maximum Gasteiger partial charge on any atom is 0.416 e. The molecule has 4 nitrogen and oxygen atoms in total. The van der Waals surface area contributed by atoms with E-state index in [2.05, 4.69) is 5.32 Å². The van der Waals surface area contributed by atoms with Gasteiger partial charge >= 0.3 is 6.18 Å². The van der Waals surface area contributed by atoms with Crippen LogP contribution in [0.15, 0.2) is 66.7 Å². The summed E-state index contributed by atoms with van der Waals surface area (Å²) in [5.74, 6) is 0.546. The minimum atomic E-state index is -4.55. The standard InChI is InChI=1S/C22H17ClF3NO3/c1-29-20-10-7-14(11-15(20)13-30-17-5-3-2-4-6-17)21(28)27-19-12-16(22(24,25)26)8-9-18(19)23/h2-12H,13H2,1H3,(H,27,28). The van der Waals surface area contributed by atoms with Crippen molar-refractivity contribution in [2.45, 2.75) is 12.8 Å². The number of anilines is 1. The van der Waals surface area contributed by atoms with E-state index >= 15 is 0 Å². The summed E-state index contributed by atoms with van der Waals surface area (Å²) < 4.78 is 49.8. The summed E-state index contributed by atoms with van der Waals surface area (Å²) in [5, 5.41) is 2.42. The van der Waals surface area contributed by atoms with Crippen LogP contribution in [-0.2, 0) is 12.8 Å². The molecule has 0 aliphatic carbocycles. The molecule has 8 heteroatoms. The fourth-order valence-corrected chi connectivity index (χ4v) is 2.87. The molecule has 3 rings (SSSR count). The first-order valence-corrected chi connectivity index (χ1v) is 9.18. The molecule has 0 saturated heterocycles. The second-order valence-corrected chi connectivity index (χ2v) is 6.68. The van der Waals surface area contributed by atoms with Crippen molar-refractivity contribution in [1.29, 1.82) is 0 Å². The van der Waals surface area contributed by atoms with Gasteiger partial charge in [0.1, 0.15) is 18.1 Å². The molecule has 3 aromatic carbocycles. The predicted molar refractivity (Wildman–Crippen MR) is 108 cm³/mol. The van der Waals surface area contributed by atoms with Crippen LogP contribution < -0.4 is 14.8 Å². The lowest BCUT2D eigenvalue weighted by Crippen LogP contribution is -2.14. The van der Waals surface area contributed by atoms with Crippen LogP contribution in [0.4, 0.5) is 18.9 Å². The van der Waals surface area contributed by atoms with Crippen LogP contribution in [0.1, 0.15) is 21.5 Å². The molecular weight excluding hydrogens is 419 g/mol. The van der Waals surface area contributed by atoms with Gasteiger partial charge in [0, 0.05) is 11.1 Å². The molecule has 156 valence electrons. The Balaban J connectivity index is 1.81. The van der Waals surface area contributed by atoms with Crippen LogP contribution in [0.5, 0.6) is 11.5 Å². The van der Waals surface area contributed by atoms with Gasteiger partial charge in [0.05, 0.1) is 23.4 Å². The Kier molecular flexibility index (Phi) is 6.52. The van der Waals surface area contributed by atoms with E-state index in [-0.39, 0.29) is 22.9 Å². The highest BCUT2D eigenvalue weighted by atomic mass is 35.5. The van der Waals surface area contributed by atoms with Crippen LogP contribution in [-0.4, -0.2) is 13.0 Å². The van der Waals surface area contributed by atoms with E-state index in [0.717, 1.165) is 18.2 Å². The molecule has 1 amide bonds. The van der Waals surface area contributed by atoms with E-state index in [1.54, 1.807) is 24.3 Å². The number of halogens is 4. The number of hydrogen-bond donors (Lipinski definition) is 1. The van der Waals surface area contributed by atoms with Gasteiger partial charge in [-0.25, -0.2) is 0 Å². The molecule has 0 fully saturated rings. The molecule has 0 heterocycles. The highest BCUT2D eigenvalue weighted by Gasteiger charge is 2.31. The van der Waals surface area contributed by atoms with E-state index in [9.17, 15) is 18.0 Å². The van der Waals surface area contributed by atoms with Crippen LogP contribution in [0.25, 0.3) is 0 Å². The van der Waals surface area contributed by atoms with Gasteiger partial charge in [-0.1, -0.05) is 29.8 Å². The first-order chi connectivity index (χ1) is 14.3. The van der Waals surface area contributed by atoms with Gasteiger partial charge in [-0.2, -0.15) is 13.2 Å². The third-order valence-corrected chi connectivity index (χ3v) is 4.55. The Morgan fingerprint density at radius 3 is 2.43 bits per heavy atom. The summed E-state index contributed by atoms with van der Waals surface area (Å²) in [5.41, 5.74) is -0.219. The number of nitrogens with one attached hydrogen (secondary N) is 1. The molecule has 3 aromatic rings. The lowest BCUT2D eigenvalue weighted by atomic mass is 10.1. The third-order valence-electron chi connectivity index (χ3n) is 4.22. The quantitative estimate of drug-likeness (QED) is 0.501. The number of rotatable bonds is 6. The highest BCUT2D eigenvalue weighted by molar-refractivity contribution is 6.34. The van der Waals surface area contributed by atoms with Crippen LogP contribution in [0.2, 0.25) is 5.02 Å². The average molecular weight is 436 g/mol. The summed E-state index contributed by atoms with van der Waals surface area (Å²) in [6.07, 6.45) is -4.55. The van der Waals surface area contributed by atoms with Gasteiger partial charge in [0.2, 0.25) is 0 Å². The molecular formula is C22H17ClF3NO3. The molecule has 30 heavy (non-hydrogen) atoms. The van der Waals surface area contributed by atoms with Crippen molar-refractivity contribution in [3.05, 3.63) is 88.4 Å². The molecule has 0 unspecified atom stereocenters. The number of alkyl halides is 3. The van der Waals surface area contributed by atoms with Crippen molar-refractivity contribution in [1.82, 2.24) is 0 Å². The number of hydrogen-bond acceptors (Lipinski definition) is 3. The SMILES string of the molecule is COc1ccc(C(=O)Nc2cc(C(F)(F)F)ccc2Cl)cc1COc1ccccc1. The minimum Gasteiger partial charge on any atom is -0.496 e. The molecule has 1 N–H and O–H groups in total. The summed E-state index contributed by atoms with van der Waals surface area (Å²) in [6, 6.07) is 16.5. The first-order valence-electron chi connectivity index (χ1n) is 8.81. The molecule has 0 saturated carbocycles. The number of para-hydroxylation sites is 1. The number of carbonyl (C=O) groups is 1. The second kappa shape index (κ2) is 9.09. The highest BCUT2D eigenvalue weighted by Crippen LogP contribution is 2.34. The van der Waals surface area contributed by atoms with Gasteiger partial charge in [-0.05, 0) is 48.5 Å². The zero-order valence-electron chi connectivity index (χ0n) is 15.8. The molecule has 0 aromatic heterocycles. The lowest BCUT2D eigenvalue weighted by molar-refractivity contribution is -0.137. The fraction of sp³-hybridized carbons (Fsp3) is 0.136. The van der Waals surface area contributed by atoms with Gasteiger partial charge in [0.25, 0.3) is 5.91 Å². The van der Waals surface area contributed by atoms with E-state index < -0.39 is 17.6 Å². The van der Waals surface area contributed by atoms with Gasteiger partial charge in [-0.3, -0.25) is 4.79 Å². The predicted octanol–water partition coefficient (Wildman–Crippen LogP) is 6.20. The Hall–Kier alpha value is -3.19. The van der Waals surface area contributed by atoms with Crippen LogP contribution in [0, 0.1) is 0 Å². The summed E-state index contributed by atoms with van der Waals surface area (Å²) in [4.78, 5) is 12.6. The van der Waals surface area contributed by atoms with Crippen molar-refractivity contribution < 1.29 is 27.4 Å². The van der Waals surface area contributed by atoms with E-state index in [0.29, 0.717) is 17.1 Å². The molecule has 0 aliphatic rings. The third kappa shape index (κ3) is 5.24. The number of methoxy groups -OCH3 is 1. The largest absolute Gasteiger partial charge is 0.496 e. The van der Waals surface area contributed by atoms with Gasteiger partial charge < -0.3 is 14.8 Å². The average Bonchev–Trinajstić information content (AvgIpc) is 2.73. The van der Waals surface area contributed by atoms with E-state index in [1.165, 1.54) is 13.2 Å². The van der Waals surface area contributed by atoms with Gasteiger partial charge in [0.15, 0.2) is 0 Å². The molecule has 0 aliphatic heterocycles. The van der Waals surface area contributed by atoms with Crippen molar-refractivity contribution in [3.63, 3.8) is 0 Å². The number of carbonyl (C=O) groups excluding carboxylic acids is 1. The lowest BCUT2D eigenvalue weighted by Gasteiger charge is -2.14. The van der Waals surface area contributed by atoms with Crippen LogP contribution >= 0.6 is 11.6 Å². The first kappa shape index (κ1) is 21.5. The second-order valence-electron chi connectivity index (χ2n) is 6.27. The Labute approximate surface area is 176 Å². The minimum absolute atomic E-state index is 0.00232. The normalized spacial score (nSPS) is 11.1. The van der Waals surface area contributed by atoms with Crippen molar-refractivity contribution in [2.24, 2.45) is 0 Å². The maximum atomic E-state index is 12.9. The summed E-state index contributed by atoms with van der Waals surface area (Å²) >= 11 is 5.95. The number of benzene rings is 3. The molecule has 0 spiro atoms. The van der Waals surface area contributed by atoms with Crippen molar-refractivity contribution >= 4 is 23.2 Å². The zero-order chi connectivity index (χ0) is 21.7. The monoisotopic (exact) mass is 435 g/mol. The fourth-order valence-electron chi connectivity index (χ4n) is 2.70. The van der Waals surface area contributed by atoms with E-state index in [4.69, 9.17) is 21.1 Å². The maximum absolute atomic E-state index is 12.9. The van der Waals surface area contributed by atoms with Crippen LogP contribution in [0.3, 0.4) is 0 Å². The number of ether oxygens (including phenoxy) is 2. The Bertz CT molecular complexity index is 1040. The van der Waals surface area contributed by atoms with Gasteiger partial charge in [-0.15, -0.1) is 0 Å². The van der Waals surface area contributed by atoms with Crippen molar-refractivity contribution in [3.8, 4) is 11.5 Å². The smallest absolute Gasteiger partial charge is 0.416 e. The topological polar surface area (TPSA) is 47.6 Å². The molecule has 0 bridgehead atoms. The Morgan fingerprint density at radius 1 is 1.03 bits per heavy atom. The zero-order valence-corrected chi connectivity index (χ0v) is 16.6. The van der Waals surface area contributed by atoms with Crippen molar-refractivity contribution in [2.75, 3.05) is 12.4 Å². The summed E-state index contributed by atoms with van der Waals surface area (Å²) in [6.45, 7) is 0.138. The molecule has 0 radical (unpaired) electrons. The Morgan fingerprint density at radius 2 is 1.77 bits per heavy atom.